The first-order valence-corrected chi connectivity index (χ1v) is 6.36. The maximum absolute atomic E-state index is 9.01. The Balaban J connectivity index is 2.25. The SMILES string of the molecule is Cn1ccnc1Sc1ccc(CO)cc1Br. The topological polar surface area (TPSA) is 38.0 Å². The van der Waals surface area contributed by atoms with Gasteiger partial charge in [0.1, 0.15) is 0 Å². The Morgan fingerprint density at radius 1 is 1.50 bits per heavy atom. The zero-order valence-corrected chi connectivity index (χ0v) is 11.1. The highest BCUT2D eigenvalue weighted by Gasteiger charge is 2.06. The van der Waals surface area contributed by atoms with Gasteiger partial charge >= 0.3 is 0 Å². The molecule has 84 valence electrons. The lowest BCUT2D eigenvalue weighted by atomic mass is 10.2. The van der Waals surface area contributed by atoms with Crippen LogP contribution in [0.25, 0.3) is 0 Å². The Bertz CT molecular complexity index is 498. The third-order valence-corrected chi connectivity index (χ3v) is 4.23. The van der Waals surface area contributed by atoms with E-state index in [2.05, 4.69) is 20.9 Å². The van der Waals surface area contributed by atoms with Crippen LogP contribution in [0, 0.1) is 0 Å². The van der Waals surface area contributed by atoms with Crippen molar-refractivity contribution in [1.82, 2.24) is 9.55 Å². The van der Waals surface area contributed by atoms with E-state index in [1.54, 1.807) is 18.0 Å². The fourth-order valence-electron chi connectivity index (χ4n) is 1.27. The van der Waals surface area contributed by atoms with Gasteiger partial charge in [0.2, 0.25) is 0 Å². The second-order valence-electron chi connectivity index (χ2n) is 3.35. The summed E-state index contributed by atoms with van der Waals surface area (Å²) in [6.45, 7) is 0.0615. The lowest BCUT2D eigenvalue weighted by Crippen LogP contribution is -1.89. The van der Waals surface area contributed by atoms with E-state index in [0.717, 1.165) is 20.1 Å². The number of benzene rings is 1. The van der Waals surface area contributed by atoms with E-state index in [-0.39, 0.29) is 6.61 Å². The van der Waals surface area contributed by atoms with E-state index < -0.39 is 0 Å². The van der Waals surface area contributed by atoms with Gasteiger partial charge in [0.15, 0.2) is 5.16 Å². The zero-order chi connectivity index (χ0) is 11.5. The Morgan fingerprint density at radius 2 is 2.31 bits per heavy atom. The number of hydrogen-bond donors (Lipinski definition) is 1. The quantitative estimate of drug-likeness (QED) is 0.947. The molecule has 0 spiro atoms. The highest BCUT2D eigenvalue weighted by Crippen LogP contribution is 2.32. The van der Waals surface area contributed by atoms with Crippen LogP contribution in [0.4, 0.5) is 0 Å². The van der Waals surface area contributed by atoms with Crippen LogP contribution in [0.3, 0.4) is 0 Å². The number of aromatic nitrogens is 2. The lowest BCUT2D eigenvalue weighted by molar-refractivity contribution is 0.281. The second-order valence-corrected chi connectivity index (χ2v) is 5.21. The number of aryl methyl sites for hydroxylation is 1. The average Bonchev–Trinajstić information content (AvgIpc) is 2.67. The number of aliphatic hydroxyl groups excluding tert-OH is 1. The van der Waals surface area contributed by atoms with E-state index in [1.807, 2.05) is 36.0 Å². The molecule has 5 heteroatoms. The van der Waals surface area contributed by atoms with Gasteiger partial charge in [-0.3, -0.25) is 0 Å². The Labute approximate surface area is 107 Å². The van der Waals surface area contributed by atoms with Crippen molar-refractivity contribution in [2.45, 2.75) is 16.7 Å². The molecule has 0 saturated carbocycles. The third kappa shape index (κ3) is 2.48. The maximum atomic E-state index is 9.01. The minimum absolute atomic E-state index is 0.0615. The first kappa shape index (κ1) is 11.7. The van der Waals surface area contributed by atoms with Crippen LogP contribution in [0.1, 0.15) is 5.56 Å². The number of aliphatic hydroxyl groups is 1. The molecule has 16 heavy (non-hydrogen) atoms. The smallest absolute Gasteiger partial charge is 0.172 e. The molecule has 0 aliphatic rings. The molecule has 1 N–H and O–H groups in total. The molecule has 2 aromatic rings. The van der Waals surface area contributed by atoms with Crippen LogP contribution >= 0.6 is 27.7 Å². The van der Waals surface area contributed by atoms with Crippen molar-refractivity contribution in [3.05, 3.63) is 40.6 Å². The van der Waals surface area contributed by atoms with Gasteiger partial charge < -0.3 is 9.67 Å². The van der Waals surface area contributed by atoms with Crippen LogP contribution in [0.5, 0.6) is 0 Å². The van der Waals surface area contributed by atoms with Crippen LogP contribution in [0.2, 0.25) is 0 Å². The summed E-state index contributed by atoms with van der Waals surface area (Å²) in [5, 5.41) is 9.95. The molecule has 0 bridgehead atoms. The number of imidazole rings is 1. The van der Waals surface area contributed by atoms with Gasteiger partial charge in [-0.2, -0.15) is 0 Å². The first-order chi connectivity index (χ1) is 7.70. The number of nitrogens with zero attached hydrogens (tertiary/aromatic N) is 2. The molecule has 0 aliphatic heterocycles. The number of rotatable bonds is 3. The summed E-state index contributed by atoms with van der Waals surface area (Å²) in [6.07, 6.45) is 3.69. The van der Waals surface area contributed by atoms with E-state index >= 15 is 0 Å². The van der Waals surface area contributed by atoms with Gasteiger partial charge in [-0.05, 0) is 33.6 Å². The largest absolute Gasteiger partial charge is 0.392 e. The van der Waals surface area contributed by atoms with Gasteiger partial charge in [0.05, 0.1) is 6.61 Å². The number of halogens is 1. The van der Waals surface area contributed by atoms with Crippen molar-refractivity contribution in [2.75, 3.05) is 0 Å². The minimum atomic E-state index is 0.0615. The van der Waals surface area contributed by atoms with Crippen LogP contribution in [-0.4, -0.2) is 14.7 Å². The predicted molar refractivity (Wildman–Crippen MR) is 67.4 cm³/mol. The predicted octanol–water partition coefficient (Wildman–Crippen LogP) is 2.83. The fourth-order valence-corrected chi connectivity index (χ4v) is 2.75. The highest BCUT2D eigenvalue weighted by atomic mass is 79.9. The van der Waals surface area contributed by atoms with Crippen molar-refractivity contribution in [2.24, 2.45) is 7.05 Å². The van der Waals surface area contributed by atoms with Crippen LogP contribution in [-0.2, 0) is 13.7 Å². The van der Waals surface area contributed by atoms with E-state index in [1.165, 1.54) is 0 Å². The van der Waals surface area contributed by atoms with Crippen molar-refractivity contribution < 1.29 is 5.11 Å². The van der Waals surface area contributed by atoms with Crippen LogP contribution < -0.4 is 0 Å². The molecule has 1 aromatic carbocycles. The fraction of sp³-hybridized carbons (Fsp3) is 0.182. The lowest BCUT2D eigenvalue weighted by Gasteiger charge is -2.05. The maximum Gasteiger partial charge on any atom is 0.172 e. The summed E-state index contributed by atoms with van der Waals surface area (Å²) < 4.78 is 2.95. The summed E-state index contributed by atoms with van der Waals surface area (Å²) >= 11 is 5.08. The van der Waals surface area contributed by atoms with Gasteiger partial charge in [0.25, 0.3) is 0 Å². The van der Waals surface area contributed by atoms with E-state index in [4.69, 9.17) is 5.11 Å². The molecule has 3 nitrogen and oxygen atoms in total. The summed E-state index contributed by atoms with van der Waals surface area (Å²) in [5.41, 5.74) is 0.899. The summed E-state index contributed by atoms with van der Waals surface area (Å²) in [5.74, 6) is 0. The zero-order valence-electron chi connectivity index (χ0n) is 8.72. The molecule has 1 aromatic heterocycles. The molecule has 2 rings (SSSR count). The molecule has 0 aliphatic carbocycles. The summed E-state index contributed by atoms with van der Waals surface area (Å²) in [7, 11) is 1.96. The number of hydrogen-bond acceptors (Lipinski definition) is 3. The monoisotopic (exact) mass is 298 g/mol. The first-order valence-electron chi connectivity index (χ1n) is 4.75. The Kier molecular flexibility index (Phi) is 3.68. The van der Waals surface area contributed by atoms with Gasteiger partial charge in [0, 0.05) is 28.8 Å². The molecule has 0 unspecified atom stereocenters. The molecule has 0 fully saturated rings. The van der Waals surface area contributed by atoms with E-state index in [0.29, 0.717) is 0 Å². The summed E-state index contributed by atoms with van der Waals surface area (Å²) in [6, 6.07) is 5.82. The molecular formula is C11H11BrN2OS. The Morgan fingerprint density at radius 3 is 2.88 bits per heavy atom. The molecule has 0 saturated heterocycles. The van der Waals surface area contributed by atoms with Crippen LogP contribution in [0.15, 0.2) is 45.1 Å². The van der Waals surface area contributed by atoms with Crippen molar-refractivity contribution in [3.8, 4) is 0 Å². The van der Waals surface area contributed by atoms with Crippen molar-refractivity contribution in [3.63, 3.8) is 0 Å². The normalized spacial score (nSPS) is 10.7. The molecule has 0 atom stereocenters. The summed E-state index contributed by atoms with van der Waals surface area (Å²) in [4.78, 5) is 5.34. The minimum Gasteiger partial charge on any atom is -0.392 e. The molecular weight excluding hydrogens is 288 g/mol. The third-order valence-electron chi connectivity index (χ3n) is 2.16. The highest BCUT2D eigenvalue weighted by molar-refractivity contribution is 9.10. The standard InChI is InChI=1S/C11H11BrN2OS/c1-14-5-4-13-11(14)16-10-3-2-8(7-15)6-9(10)12/h2-6,15H,7H2,1H3. The van der Waals surface area contributed by atoms with Gasteiger partial charge in [-0.15, -0.1) is 0 Å². The molecule has 0 amide bonds. The van der Waals surface area contributed by atoms with Crippen molar-refractivity contribution in [1.29, 1.82) is 0 Å². The van der Waals surface area contributed by atoms with Crippen molar-refractivity contribution >= 4 is 27.7 Å². The average molecular weight is 299 g/mol. The molecule has 0 radical (unpaired) electrons. The second kappa shape index (κ2) is 5.03. The Hall–Kier alpha value is -0.780. The van der Waals surface area contributed by atoms with Gasteiger partial charge in [-0.25, -0.2) is 4.98 Å². The van der Waals surface area contributed by atoms with E-state index in [9.17, 15) is 0 Å². The van der Waals surface area contributed by atoms with Gasteiger partial charge in [-0.1, -0.05) is 17.8 Å². The molecule has 1 heterocycles.